The van der Waals surface area contributed by atoms with Gasteiger partial charge in [-0.3, -0.25) is 9.78 Å². The highest BCUT2D eigenvalue weighted by Crippen LogP contribution is 2.15. The molecule has 0 saturated heterocycles. The number of hydrogen-bond acceptors (Lipinski definition) is 2. The monoisotopic (exact) mass is 163 g/mol. The molecule has 0 unspecified atom stereocenters. The van der Waals surface area contributed by atoms with E-state index in [1.165, 1.54) is 0 Å². The third kappa shape index (κ3) is 1.37. The summed E-state index contributed by atoms with van der Waals surface area (Å²) in [6.45, 7) is 7.37. The fourth-order valence-electron chi connectivity index (χ4n) is 1.34. The van der Waals surface area contributed by atoms with Crippen molar-refractivity contribution in [3.63, 3.8) is 0 Å². The van der Waals surface area contributed by atoms with E-state index in [2.05, 4.69) is 4.98 Å². The third-order valence-corrected chi connectivity index (χ3v) is 2.13. The van der Waals surface area contributed by atoms with E-state index in [0.29, 0.717) is 0 Å². The highest BCUT2D eigenvalue weighted by atomic mass is 16.1. The first-order chi connectivity index (χ1) is 5.54. The van der Waals surface area contributed by atoms with Crippen molar-refractivity contribution in [3.8, 4) is 0 Å². The van der Waals surface area contributed by atoms with Crippen LogP contribution in [0, 0.1) is 20.8 Å². The van der Waals surface area contributed by atoms with Gasteiger partial charge >= 0.3 is 0 Å². The van der Waals surface area contributed by atoms with Gasteiger partial charge in [-0.25, -0.2) is 0 Å². The minimum atomic E-state index is 0.0983. The van der Waals surface area contributed by atoms with Crippen LogP contribution in [0.25, 0.3) is 0 Å². The van der Waals surface area contributed by atoms with Crippen molar-refractivity contribution in [3.05, 3.63) is 28.6 Å². The summed E-state index contributed by atoms with van der Waals surface area (Å²) < 4.78 is 0. The molecule has 1 rings (SSSR count). The fourth-order valence-corrected chi connectivity index (χ4v) is 1.34. The van der Waals surface area contributed by atoms with Gasteiger partial charge in [0.2, 0.25) is 0 Å². The van der Waals surface area contributed by atoms with Crippen LogP contribution in [-0.2, 0) is 0 Å². The molecule has 2 nitrogen and oxygen atoms in total. The van der Waals surface area contributed by atoms with Gasteiger partial charge < -0.3 is 0 Å². The lowest BCUT2D eigenvalue weighted by Gasteiger charge is -2.07. The summed E-state index contributed by atoms with van der Waals surface area (Å²) in [6, 6.07) is 0. The molecule has 64 valence electrons. The molecule has 0 aliphatic rings. The van der Waals surface area contributed by atoms with E-state index < -0.39 is 0 Å². The van der Waals surface area contributed by atoms with E-state index in [1.807, 2.05) is 20.8 Å². The van der Waals surface area contributed by atoms with Crippen LogP contribution >= 0.6 is 0 Å². The predicted molar refractivity (Wildman–Crippen MR) is 48.5 cm³/mol. The van der Waals surface area contributed by atoms with Crippen molar-refractivity contribution in [2.24, 2.45) is 0 Å². The van der Waals surface area contributed by atoms with Crippen LogP contribution in [0.4, 0.5) is 0 Å². The van der Waals surface area contributed by atoms with Gasteiger partial charge in [-0.05, 0) is 38.8 Å². The minimum absolute atomic E-state index is 0.0983. The number of carbonyl (C=O) groups excluding carboxylic acids is 1. The van der Waals surface area contributed by atoms with Crippen LogP contribution in [0.2, 0.25) is 0 Å². The summed E-state index contributed by atoms with van der Waals surface area (Å²) >= 11 is 0. The lowest BCUT2D eigenvalue weighted by molar-refractivity contribution is 0.101. The number of nitrogens with zero attached hydrogens (tertiary/aromatic N) is 1. The van der Waals surface area contributed by atoms with Gasteiger partial charge in [0, 0.05) is 17.5 Å². The van der Waals surface area contributed by atoms with Crippen LogP contribution in [0.5, 0.6) is 0 Å². The first-order valence-electron chi connectivity index (χ1n) is 3.97. The Morgan fingerprint density at radius 2 is 1.92 bits per heavy atom. The maximum absolute atomic E-state index is 11.2. The zero-order valence-corrected chi connectivity index (χ0v) is 7.93. The van der Waals surface area contributed by atoms with Gasteiger partial charge in [0.15, 0.2) is 5.78 Å². The average Bonchev–Trinajstić information content (AvgIpc) is 1.97. The van der Waals surface area contributed by atoms with Crippen molar-refractivity contribution in [2.45, 2.75) is 27.7 Å². The second kappa shape index (κ2) is 3.05. The molecular weight excluding hydrogens is 150 g/mol. The van der Waals surface area contributed by atoms with Crippen molar-refractivity contribution in [2.75, 3.05) is 0 Å². The Morgan fingerprint density at radius 1 is 1.33 bits per heavy atom. The lowest BCUT2D eigenvalue weighted by atomic mass is 10.0. The highest BCUT2D eigenvalue weighted by molar-refractivity contribution is 5.96. The van der Waals surface area contributed by atoms with E-state index in [9.17, 15) is 4.79 Å². The molecule has 2 heteroatoms. The van der Waals surface area contributed by atoms with E-state index in [-0.39, 0.29) is 5.78 Å². The van der Waals surface area contributed by atoms with E-state index in [0.717, 1.165) is 22.4 Å². The molecule has 1 heterocycles. The molecule has 1 aromatic heterocycles. The number of pyridine rings is 1. The van der Waals surface area contributed by atoms with Crippen molar-refractivity contribution >= 4 is 5.78 Å². The molecule has 0 saturated carbocycles. The Morgan fingerprint density at radius 3 is 2.33 bits per heavy atom. The van der Waals surface area contributed by atoms with Crippen LogP contribution in [-0.4, -0.2) is 10.8 Å². The third-order valence-electron chi connectivity index (χ3n) is 2.13. The second-order valence-corrected chi connectivity index (χ2v) is 3.08. The first-order valence-corrected chi connectivity index (χ1v) is 3.97. The number of aromatic nitrogens is 1. The molecule has 0 N–H and O–H groups in total. The molecule has 0 atom stereocenters. The van der Waals surface area contributed by atoms with Crippen LogP contribution in [0.15, 0.2) is 6.20 Å². The second-order valence-electron chi connectivity index (χ2n) is 3.08. The minimum Gasteiger partial charge on any atom is -0.294 e. The normalized spacial score (nSPS) is 10.0. The summed E-state index contributed by atoms with van der Waals surface area (Å²) in [5, 5.41) is 0. The molecule has 1 aromatic rings. The molecule has 0 radical (unpaired) electrons. The molecule has 0 bridgehead atoms. The van der Waals surface area contributed by atoms with E-state index >= 15 is 0 Å². The highest BCUT2D eigenvalue weighted by Gasteiger charge is 2.09. The quantitative estimate of drug-likeness (QED) is 0.594. The molecule has 0 aliphatic heterocycles. The Hall–Kier alpha value is -1.18. The smallest absolute Gasteiger partial charge is 0.161 e. The van der Waals surface area contributed by atoms with Gasteiger partial charge in [-0.2, -0.15) is 0 Å². The number of rotatable bonds is 1. The molecule has 12 heavy (non-hydrogen) atoms. The Bertz CT molecular complexity index is 329. The lowest BCUT2D eigenvalue weighted by Crippen LogP contribution is -2.03. The maximum Gasteiger partial charge on any atom is 0.161 e. The fraction of sp³-hybridized carbons (Fsp3) is 0.400. The van der Waals surface area contributed by atoms with Crippen molar-refractivity contribution in [1.82, 2.24) is 4.98 Å². The molecular formula is C10H13NO. The maximum atomic E-state index is 11.2. The number of aryl methyl sites for hydroxylation is 2. The molecule has 0 spiro atoms. The van der Waals surface area contributed by atoms with Crippen LogP contribution in [0.3, 0.4) is 0 Å². The molecule has 0 fully saturated rings. The van der Waals surface area contributed by atoms with Gasteiger partial charge in [0.25, 0.3) is 0 Å². The Kier molecular flexibility index (Phi) is 2.27. The van der Waals surface area contributed by atoms with Crippen LogP contribution in [0.1, 0.15) is 34.1 Å². The molecule has 0 aromatic carbocycles. The summed E-state index contributed by atoms with van der Waals surface area (Å²) in [7, 11) is 0. The standard InChI is InChI=1S/C10H13NO/c1-6-5-11-8(3)10(7(6)2)9(4)12/h5H,1-4H3. The average molecular weight is 163 g/mol. The summed E-state index contributed by atoms with van der Waals surface area (Å²) in [6.07, 6.45) is 1.80. The van der Waals surface area contributed by atoms with E-state index in [1.54, 1.807) is 13.1 Å². The number of Topliss-reactive ketones (excluding diaryl/α,β-unsaturated/α-hetero) is 1. The van der Waals surface area contributed by atoms with Crippen LogP contribution < -0.4 is 0 Å². The zero-order valence-electron chi connectivity index (χ0n) is 7.93. The SMILES string of the molecule is CC(=O)c1c(C)ncc(C)c1C. The van der Waals surface area contributed by atoms with Gasteiger partial charge in [-0.15, -0.1) is 0 Å². The van der Waals surface area contributed by atoms with Gasteiger partial charge in [0.05, 0.1) is 0 Å². The van der Waals surface area contributed by atoms with Crippen molar-refractivity contribution in [1.29, 1.82) is 0 Å². The molecule has 0 aliphatic carbocycles. The summed E-state index contributed by atoms with van der Waals surface area (Å²) in [4.78, 5) is 15.3. The van der Waals surface area contributed by atoms with E-state index in [4.69, 9.17) is 0 Å². The number of carbonyl (C=O) groups is 1. The Balaban J connectivity index is 3.43. The van der Waals surface area contributed by atoms with Crippen molar-refractivity contribution < 1.29 is 4.79 Å². The molecule has 0 amide bonds. The number of ketones is 1. The predicted octanol–water partition coefficient (Wildman–Crippen LogP) is 2.21. The first kappa shape index (κ1) is 8.91. The number of hydrogen-bond donors (Lipinski definition) is 0. The topological polar surface area (TPSA) is 30.0 Å². The van der Waals surface area contributed by atoms with Gasteiger partial charge in [-0.1, -0.05) is 0 Å². The zero-order chi connectivity index (χ0) is 9.30. The summed E-state index contributed by atoms with van der Waals surface area (Å²) in [5.74, 6) is 0.0983. The largest absolute Gasteiger partial charge is 0.294 e. The Labute approximate surface area is 72.6 Å². The summed E-state index contributed by atoms with van der Waals surface area (Å²) in [5.41, 5.74) is 3.72. The van der Waals surface area contributed by atoms with Gasteiger partial charge in [0.1, 0.15) is 0 Å².